The Morgan fingerprint density at radius 2 is 1.65 bits per heavy atom. The number of carbonyl (C=O) groups is 2. The minimum Gasteiger partial charge on any atom is -0.463 e. The Kier molecular flexibility index (Phi) is 11.0. The smallest absolute Gasteiger partial charge is 0.308 e. The summed E-state index contributed by atoms with van der Waals surface area (Å²) in [6.45, 7) is 4.12. The number of hydrogen-bond donors (Lipinski definition) is 0. The minimum absolute atomic E-state index is 0.00153. The highest BCUT2D eigenvalue weighted by molar-refractivity contribution is 5.77. The largest absolute Gasteiger partial charge is 0.463 e. The fourth-order valence-corrected chi connectivity index (χ4v) is 1.48. The molecule has 0 aliphatic carbocycles. The molecule has 0 aromatic rings. The Morgan fingerprint density at radius 1 is 1.00 bits per heavy atom. The fourth-order valence-electron chi connectivity index (χ4n) is 1.48. The molecule has 118 valence electrons. The molecule has 2 atom stereocenters. The van der Waals surface area contributed by atoms with Gasteiger partial charge in [-0.25, -0.2) is 0 Å². The van der Waals surface area contributed by atoms with Crippen LogP contribution in [-0.2, 0) is 28.5 Å². The molecule has 0 rings (SSSR count). The van der Waals surface area contributed by atoms with E-state index in [1.807, 2.05) is 13.8 Å². The highest BCUT2D eigenvalue weighted by Crippen LogP contribution is 2.06. The van der Waals surface area contributed by atoms with Crippen LogP contribution in [0.25, 0.3) is 0 Å². The lowest BCUT2D eigenvalue weighted by atomic mass is 10.3. The van der Waals surface area contributed by atoms with Crippen molar-refractivity contribution in [3.63, 3.8) is 0 Å². The van der Waals surface area contributed by atoms with E-state index in [4.69, 9.17) is 18.9 Å². The van der Waals surface area contributed by atoms with E-state index in [1.165, 1.54) is 7.11 Å². The molecular weight excluding hydrogens is 264 g/mol. The summed E-state index contributed by atoms with van der Waals surface area (Å²) in [7, 11) is 3.05. The zero-order chi connectivity index (χ0) is 15.4. The van der Waals surface area contributed by atoms with Crippen LogP contribution in [0.4, 0.5) is 0 Å². The summed E-state index contributed by atoms with van der Waals surface area (Å²) in [5.41, 5.74) is 0. The third kappa shape index (κ3) is 8.87. The molecule has 6 heteroatoms. The standard InChI is InChI=1S/C14H26O6/c1-5-7-14(18-4)20-13(16)9-8-12(15)19-10-11(6-2)17-3/h11,14H,5-10H2,1-4H3. The van der Waals surface area contributed by atoms with Crippen molar-refractivity contribution >= 4 is 11.9 Å². The van der Waals surface area contributed by atoms with Gasteiger partial charge in [-0.2, -0.15) is 0 Å². The molecule has 20 heavy (non-hydrogen) atoms. The summed E-state index contributed by atoms with van der Waals surface area (Å²) in [6, 6.07) is 0. The maximum atomic E-state index is 11.5. The van der Waals surface area contributed by atoms with Crippen molar-refractivity contribution in [2.75, 3.05) is 20.8 Å². The first-order valence-corrected chi connectivity index (χ1v) is 6.97. The molecule has 0 saturated carbocycles. The van der Waals surface area contributed by atoms with Crippen molar-refractivity contribution in [2.24, 2.45) is 0 Å². The Balaban J connectivity index is 3.85. The van der Waals surface area contributed by atoms with Crippen molar-refractivity contribution in [1.82, 2.24) is 0 Å². The predicted octanol–water partition coefficient (Wildman–Crippen LogP) is 2.05. The summed E-state index contributed by atoms with van der Waals surface area (Å²) >= 11 is 0. The van der Waals surface area contributed by atoms with Gasteiger partial charge in [-0.3, -0.25) is 9.59 Å². The molecule has 0 fully saturated rings. The van der Waals surface area contributed by atoms with E-state index in [-0.39, 0.29) is 25.6 Å². The monoisotopic (exact) mass is 290 g/mol. The zero-order valence-corrected chi connectivity index (χ0v) is 12.8. The molecule has 0 heterocycles. The molecule has 0 saturated heterocycles. The molecule has 0 aromatic heterocycles. The number of methoxy groups -OCH3 is 2. The van der Waals surface area contributed by atoms with Gasteiger partial charge >= 0.3 is 11.9 Å². The van der Waals surface area contributed by atoms with Crippen LogP contribution in [0.15, 0.2) is 0 Å². The third-order valence-electron chi connectivity index (χ3n) is 2.80. The molecule has 0 aromatic carbocycles. The first-order valence-electron chi connectivity index (χ1n) is 6.97. The SMILES string of the molecule is CCCC(OC)OC(=O)CCC(=O)OCC(CC)OC. The Morgan fingerprint density at radius 3 is 2.15 bits per heavy atom. The van der Waals surface area contributed by atoms with Crippen molar-refractivity contribution in [3.05, 3.63) is 0 Å². The maximum Gasteiger partial charge on any atom is 0.308 e. The molecular formula is C14H26O6. The number of carbonyl (C=O) groups excluding carboxylic acids is 2. The van der Waals surface area contributed by atoms with Crippen molar-refractivity contribution < 1.29 is 28.5 Å². The second kappa shape index (κ2) is 11.7. The van der Waals surface area contributed by atoms with Crippen molar-refractivity contribution in [3.8, 4) is 0 Å². The van der Waals surface area contributed by atoms with Gasteiger partial charge in [0, 0.05) is 20.6 Å². The second-order valence-electron chi connectivity index (χ2n) is 4.39. The van der Waals surface area contributed by atoms with E-state index in [0.29, 0.717) is 6.42 Å². The van der Waals surface area contributed by atoms with Gasteiger partial charge in [0.1, 0.15) is 6.61 Å². The Bertz CT molecular complexity index is 275. The first kappa shape index (κ1) is 18.9. The zero-order valence-electron chi connectivity index (χ0n) is 12.8. The molecule has 0 aliphatic rings. The lowest BCUT2D eigenvalue weighted by Crippen LogP contribution is -2.22. The molecule has 0 radical (unpaired) electrons. The van der Waals surface area contributed by atoms with Gasteiger partial charge in [0.05, 0.1) is 18.9 Å². The summed E-state index contributed by atoms with van der Waals surface area (Å²) in [5.74, 6) is -0.886. The van der Waals surface area contributed by atoms with Gasteiger partial charge in [0.25, 0.3) is 0 Å². The molecule has 0 aliphatic heterocycles. The van der Waals surface area contributed by atoms with Crippen LogP contribution in [0.5, 0.6) is 0 Å². The normalized spacial score (nSPS) is 13.6. The number of rotatable bonds is 11. The number of ether oxygens (including phenoxy) is 4. The summed E-state index contributed by atoms with van der Waals surface area (Å²) in [4.78, 5) is 23.0. The van der Waals surface area contributed by atoms with Crippen LogP contribution in [0.3, 0.4) is 0 Å². The van der Waals surface area contributed by atoms with E-state index < -0.39 is 18.2 Å². The fraction of sp³-hybridized carbons (Fsp3) is 0.857. The minimum atomic E-state index is -0.540. The molecule has 0 amide bonds. The van der Waals surface area contributed by atoms with Crippen LogP contribution in [-0.4, -0.2) is 45.2 Å². The van der Waals surface area contributed by atoms with Gasteiger partial charge in [0.2, 0.25) is 6.29 Å². The average Bonchev–Trinajstić information content (AvgIpc) is 2.45. The van der Waals surface area contributed by atoms with Crippen LogP contribution in [0, 0.1) is 0 Å². The van der Waals surface area contributed by atoms with E-state index >= 15 is 0 Å². The van der Waals surface area contributed by atoms with Crippen molar-refractivity contribution in [1.29, 1.82) is 0 Å². The van der Waals surface area contributed by atoms with Crippen LogP contribution < -0.4 is 0 Å². The van der Waals surface area contributed by atoms with E-state index in [2.05, 4.69) is 0 Å². The van der Waals surface area contributed by atoms with Gasteiger partial charge in [-0.1, -0.05) is 20.3 Å². The second-order valence-corrected chi connectivity index (χ2v) is 4.39. The van der Waals surface area contributed by atoms with E-state index in [9.17, 15) is 9.59 Å². The molecule has 2 unspecified atom stereocenters. The summed E-state index contributed by atoms with van der Waals surface area (Å²) in [5, 5.41) is 0. The molecule has 0 bridgehead atoms. The third-order valence-corrected chi connectivity index (χ3v) is 2.80. The first-order chi connectivity index (χ1) is 9.57. The Labute approximate surface area is 120 Å². The quantitative estimate of drug-likeness (QED) is 0.428. The van der Waals surface area contributed by atoms with E-state index in [0.717, 1.165) is 12.8 Å². The molecule has 6 nitrogen and oxygen atoms in total. The average molecular weight is 290 g/mol. The Hall–Kier alpha value is -1.14. The lowest BCUT2D eigenvalue weighted by molar-refractivity contribution is -0.176. The van der Waals surface area contributed by atoms with Crippen LogP contribution in [0.2, 0.25) is 0 Å². The topological polar surface area (TPSA) is 71.1 Å². The van der Waals surface area contributed by atoms with Gasteiger partial charge in [-0.15, -0.1) is 0 Å². The number of hydrogen-bond acceptors (Lipinski definition) is 6. The maximum absolute atomic E-state index is 11.5. The molecule has 0 spiro atoms. The predicted molar refractivity (Wildman–Crippen MR) is 73.1 cm³/mol. The molecule has 0 N–H and O–H groups in total. The van der Waals surface area contributed by atoms with Gasteiger partial charge in [0.15, 0.2) is 0 Å². The van der Waals surface area contributed by atoms with Gasteiger partial charge < -0.3 is 18.9 Å². The highest BCUT2D eigenvalue weighted by atomic mass is 16.7. The number of esters is 2. The lowest BCUT2D eigenvalue weighted by Gasteiger charge is -2.15. The van der Waals surface area contributed by atoms with Gasteiger partial charge in [-0.05, 0) is 6.42 Å². The summed E-state index contributed by atoms with van der Waals surface area (Å²) in [6.07, 6.45) is 1.60. The highest BCUT2D eigenvalue weighted by Gasteiger charge is 2.15. The summed E-state index contributed by atoms with van der Waals surface area (Å²) < 4.78 is 20.2. The van der Waals surface area contributed by atoms with E-state index in [1.54, 1.807) is 7.11 Å². The van der Waals surface area contributed by atoms with Crippen LogP contribution in [0.1, 0.15) is 46.0 Å². The van der Waals surface area contributed by atoms with Crippen molar-refractivity contribution in [2.45, 2.75) is 58.3 Å². The van der Waals surface area contributed by atoms with Crippen LogP contribution >= 0.6 is 0 Å².